The van der Waals surface area contributed by atoms with Crippen molar-refractivity contribution < 1.29 is 23.6 Å². The first-order valence-corrected chi connectivity index (χ1v) is 9.95. The molecule has 1 saturated heterocycles. The summed E-state index contributed by atoms with van der Waals surface area (Å²) in [5.41, 5.74) is 1.18. The van der Waals surface area contributed by atoms with E-state index < -0.39 is 35.5 Å². The van der Waals surface area contributed by atoms with Gasteiger partial charge < -0.3 is 0 Å². The average Bonchev–Trinajstić information content (AvgIpc) is 3.35. The number of amides is 4. The maximum Gasteiger partial charge on any atom is 0.262 e. The van der Waals surface area contributed by atoms with Crippen LogP contribution in [0.1, 0.15) is 33.6 Å². The molecule has 0 aliphatic carbocycles. The predicted octanol–water partition coefficient (Wildman–Crippen LogP) is 2.13. The van der Waals surface area contributed by atoms with Crippen LogP contribution in [-0.2, 0) is 9.59 Å². The van der Waals surface area contributed by atoms with Gasteiger partial charge in [0.2, 0.25) is 11.8 Å². The molecule has 1 fully saturated rings. The van der Waals surface area contributed by atoms with Crippen molar-refractivity contribution in [1.82, 2.24) is 25.2 Å². The van der Waals surface area contributed by atoms with Crippen molar-refractivity contribution in [2.45, 2.75) is 18.9 Å². The highest BCUT2D eigenvalue weighted by Crippen LogP contribution is 2.31. The summed E-state index contributed by atoms with van der Waals surface area (Å²) in [6.45, 7) is 0. The lowest BCUT2D eigenvalue weighted by molar-refractivity contribution is -0.136. The molecule has 3 heterocycles. The molecule has 0 spiro atoms. The molecular formula is C21H13ClFN5O4. The van der Waals surface area contributed by atoms with Crippen molar-refractivity contribution in [2.75, 3.05) is 0 Å². The first-order chi connectivity index (χ1) is 15.3. The molecule has 11 heteroatoms. The van der Waals surface area contributed by atoms with Crippen LogP contribution in [0.15, 0.2) is 42.6 Å². The minimum absolute atomic E-state index is 0.0399. The molecule has 32 heavy (non-hydrogen) atoms. The highest BCUT2D eigenvalue weighted by molar-refractivity contribution is 6.30. The third kappa shape index (κ3) is 3.07. The normalized spacial score (nSPS) is 18.2. The van der Waals surface area contributed by atoms with E-state index in [1.165, 1.54) is 35.1 Å². The van der Waals surface area contributed by atoms with Gasteiger partial charge in [-0.25, -0.2) is 9.07 Å². The molecule has 2 aromatic carbocycles. The van der Waals surface area contributed by atoms with E-state index in [0.29, 0.717) is 11.3 Å². The van der Waals surface area contributed by atoms with Crippen molar-refractivity contribution >= 4 is 35.2 Å². The standard InChI is InChI=1S/C21H13ClFN5O4/c22-13-2-1-3-15(18(13)23)27-9-14(25-26-27)10-4-5-11-12(8-10)21(32)28(20(11)31)16-6-7-17(29)24-19(16)30/h1-5,8-9,16H,6-7H2,(H,24,29,30). The third-order valence-electron chi connectivity index (χ3n) is 5.41. The Bertz CT molecular complexity index is 1340. The quantitative estimate of drug-likeness (QED) is 0.608. The Hall–Kier alpha value is -3.92. The Balaban J connectivity index is 1.47. The van der Waals surface area contributed by atoms with Gasteiger partial charge in [-0.3, -0.25) is 29.4 Å². The maximum absolute atomic E-state index is 14.3. The second kappa shape index (κ2) is 7.34. The molecule has 1 unspecified atom stereocenters. The zero-order valence-electron chi connectivity index (χ0n) is 16.2. The minimum Gasteiger partial charge on any atom is -0.295 e. The lowest BCUT2D eigenvalue weighted by Gasteiger charge is -2.27. The van der Waals surface area contributed by atoms with E-state index in [9.17, 15) is 23.6 Å². The summed E-state index contributed by atoms with van der Waals surface area (Å²) < 4.78 is 15.5. The SMILES string of the molecule is O=C1CCC(N2C(=O)c3ccc(-c4cn(-c5cccc(Cl)c5F)nn4)cc3C2=O)C(=O)N1. The Morgan fingerprint density at radius 2 is 1.84 bits per heavy atom. The summed E-state index contributed by atoms with van der Waals surface area (Å²) >= 11 is 5.82. The summed E-state index contributed by atoms with van der Waals surface area (Å²) in [6.07, 6.45) is 1.58. The van der Waals surface area contributed by atoms with Gasteiger partial charge in [0.1, 0.15) is 17.4 Å². The fourth-order valence-electron chi connectivity index (χ4n) is 3.81. The van der Waals surface area contributed by atoms with Crippen molar-refractivity contribution in [3.8, 4) is 16.9 Å². The highest BCUT2D eigenvalue weighted by atomic mass is 35.5. The largest absolute Gasteiger partial charge is 0.295 e. The number of imide groups is 2. The number of carbonyl (C=O) groups excluding carboxylic acids is 4. The van der Waals surface area contributed by atoms with Gasteiger partial charge in [0.25, 0.3) is 11.8 Å². The smallest absolute Gasteiger partial charge is 0.262 e. The topological polar surface area (TPSA) is 114 Å². The van der Waals surface area contributed by atoms with E-state index in [0.717, 1.165) is 4.90 Å². The molecule has 2 aliphatic rings. The van der Waals surface area contributed by atoms with Gasteiger partial charge in [-0.15, -0.1) is 5.10 Å². The fraction of sp³-hybridized carbons (Fsp3) is 0.143. The molecule has 0 saturated carbocycles. The van der Waals surface area contributed by atoms with Crippen LogP contribution in [0.4, 0.5) is 4.39 Å². The molecule has 2 aliphatic heterocycles. The Morgan fingerprint density at radius 3 is 2.62 bits per heavy atom. The number of hydrogen-bond donors (Lipinski definition) is 1. The van der Waals surface area contributed by atoms with E-state index in [1.807, 2.05) is 0 Å². The predicted molar refractivity (Wildman–Crippen MR) is 108 cm³/mol. The summed E-state index contributed by atoms with van der Waals surface area (Å²) in [7, 11) is 0. The molecule has 1 atom stereocenters. The van der Waals surface area contributed by atoms with Crippen LogP contribution in [-0.4, -0.2) is 49.6 Å². The molecule has 4 amide bonds. The number of piperidine rings is 1. The molecule has 160 valence electrons. The highest BCUT2D eigenvalue weighted by Gasteiger charge is 2.44. The van der Waals surface area contributed by atoms with Crippen LogP contribution in [0, 0.1) is 5.82 Å². The van der Waals surface area contributed by atoms with Gasteiger partial charge in [0.15, 0.2) is 5.82 Å². The summed E-state index contributed by atoms with van der Waals surface area (Å²) in [4.78, 5) is 50.2. The Kier molecular flexibility index (Phi) is 4.59. The van der Waals surface area contributed by atoms with E-state index in [1.54, 1.807) is 12.1 Å². The number of benzene rings is 2. The first kappa shape index (κ1) is 20.0. The molecule has 3 aromatic rings. The minimum atomic E-state index is -1.05. The Labute approximate surface area is 184 Å². The summed E-state index contributed by atoms with van der Waals surface area (Å²) in [5, 5.41) is 10.0. The van der Waals surface area contributed by atoms with Crippen LogP contribution in [0.2, 0.25) is 5.02 Å². The summed E-state index contributed by atoms with van der Waals surface area (Å²) in [5.74, 6) is -3.00. The lowest BCUT2D eigenvalue weighted by Crippen LogP contribution is -2.54. The van der Waals surface area contributed by atoms with Gasteiger partial charge in [-0.2, -0.15) is 0 Å². The summed E-state index contributed by atoms with van der Waals surface area (Å²) in [6, 6.07) is 7.96. The lowest BCUT2D eigenvalue weighted by atomic mass is 10.0. The fourth-order valence-corrected chi connectivity index (χ4v) is 3.98. The molecule has 9 nitrogen and oxygen atoms in total. The Morgan fingerprint density at radius 1 is 1.06 bits per heavy atom. The number of carbonyl (C=O) groups is 4. The number of halogens is 2. The van der Waals surface area contributed by atoms with Crippen molar-refractivity contribution in [1.29, 1.82) is 0 Å². The van der Waals surface area contributed by atoms with E-state index in [4.69, 9.17) is 11.6 Å². The monoisotopic (exact) mass is 453 g/mol. The van der Waals surface area contributed by atoms with Crippen LogP contribution >= 0.6 is 11.6 Å². The zero-order chi connectivity index (χ0) is 22.6. The van der Waals surface area contributed by atoms with Gasteiger partial charge in [-0.1, -0.05) is 28.9 Å². The van der Waals surface area contributed by atoms with E-state index in [2.05, 4.69) is 15.6 Å². The van der Waals surface area contributed by atoms with Crippen LogP contribution in [0.5, 0.6) is 0 Å². The number of nitrogens with zero attached hydrogens (tertiary/aromatic N) is 4. The maximum atomic E-state index is 14.3. The average molecular weight is 454 g/mol. The number of fused-ring (bicyclic) bond motifs is 1. The van der Waals surface area contributed by atoms with Crippen LogP contribution in [0.3, 0.4) is 0 Å². The number of hydrogen-bond acceptors (Lipinski definition) is 6. The molecule has 1 N–H and O–H groups in total. The van der Waals surface area contributed by atoms with Crippen molar-refractivity contribution in [3.05, 3.63) is 64.6 Å². The molecule has 1 aromatic heterocycles. The van der Waals surface area contributed by atoms with Crippen LogP contribution < -0.4 is 5.32 Å². The van der Waals surface area contributed by atoms with E-state index >= 15 is 0 Å². The van der Waals surface area contributed by atoms with Gasteiger partial charge >= 0.3 is 0 Å². The number of nitrogens with one attached hydrogen (secondary N) is 1. The van der Waals surface area contributed by atoms with Gasteiger partial charge in [-0.05, 0) is 30.7 Å². The van der Waals surface area contributed by atoms with Gasteiger partial charge in [0, 0.05) is 12.0 Å². The zero-order valence-corrected chi connectivity index (χ0v) is 17.0. The molecule has 0 bridgehead atoms. The first-order valence-electron chi connectivity index (χ1n) is 9.58. The number of rotatable bonds is 3. The van der Waals surface area contributed by atoms with Gasteiger partial charge in [0.05, 0.1) is 22.3 Å². The molecule has 5 rings (SSSR count). The number of aromatic nitrogens is 3. The molecular weight excluding hydrogens is 441 g/mol. The van der Waals surface area contributed by atoms with Crippen LogP contribution in [0.25, 0.3) is 16.9 Å². The van der Waals surface area contributed by atoms with Crippen molar-refractivity contribution in [2.24, 2.45) is 0 Å². The van der Waals surface area contributed by atoms with Crippen molar-refractivity contribution in [3.63, 3.8) is 0 Å². The third-order valence-corrected chi connectivity index (χ3v) is 5.70. The second-order valence-corrected chi connectivity index (χ2v) is 7.74. The second-order valence-electron chi connectivity index (χ2n) is 7.33. The van der Waals surface area contributed by atoms with E-state index in [-0.39, 0.29) is 34.7 Å². The molecule has 0 radical (unpaired) electrons.